The molecule has 2 N–H and O–H groups in total. The number of amides is 1. The molecule has 1 aromatic rings. The minimum absolute atomic E-state index is 0.198. The number of hydrogen-bond donors (Lipinski definition) is 1. The van der Waals surface area contributed by atoms with E-state index in [4.69, 9.17) is 5.84 Å². The van der Waals surface area contributed by atoms with Crippen molar-refractivity contribution in [2.45, 2.75) is 6.42 Å². The van der Waals surface area contributed by atoms with Gasteiger partial charge in [-0.25, -0.2) is 15.2 Å². The van der Waals surface area contributed by atoms with E-state index in [1.807, 2.05) is 0 Å². The normalized spacial score (nSPS) is 15.2. The minimum Gasteiger partial charge on any atom is -0.273 e. The van der Waals surface area contributed by atoms with Crippen LogP contribution in [-0.2, 0) is 11.2 Å². The summed E-state index contributed by atoms with van der Waals surface area (Å²) >= 11 is 0. The molecule has 0 aromatic heterocycles. The summed E-state index contributed by atoms with van der Waals surface area (Å²) in [7, 11) is 0. The average Bonchev–Trinajstić information content (AvgIpc) is 2.29. The summed E-state index contributed by atoms with van der Waals surface area (Å²) in [6.45, 7) is 0. The molecule has 0 unspecified atom stereocenters. The van der Waals surface area contributed by atoms with Crippen molar-refractivity contribution < 1.29 is 9.18 Å². The van der Waals surface area contributed by atoms with Crippen LogP contribution in [0.2, 0.25) is 0 Å². The molecule has 0 radical (unpaired) electrons. The van der Waals surface area contributed by atoms with Crippen LogP contribution in [0.1, 0.15) is 5.56 Å². The maximum absolute atomic E-state index is 13.0. The molecule has 1 amide bonds. The highest BCUT2D eigenvalue weighted by atomic mass is 19.1. The molecular formula is C8H7FN2O. The molecule has 1 aliphatic rings. The standard InChI is InChI=1S/C8H7FN2O/c9-6-3-1-2-5-4-7(12)11(10)8(5)6/h1-3H,4,10H2. The molecule has 0 spiro atoms. The van der Waals surface area contributed by atoms with Crippen LogP contribution < -0.4 is 10.9 Å². The maximum atomic E-state index is 13.0. The zero-order valence-corrected chi connectivity index (χ0v) is 6.25. The first-order valence-electron chi connectivity index (χ1n) is 3.55. The SMILES string of the molecule is NN1C(=O)Cc2cccc(F)c21. The smallest absolute Gasteiger partial charge is 0.245 e. The van der Waals surface area contributed by atoms with Crippen molar-refractivity contribution in [2.24, 2.45) is 5.84 Å². The van der Waals surface area contributed by atoms with Crippen molar-refractivity contribution in [3.8, 4) is 0 Å². The quantitative estimate of drug-likeness (QED) is 0.453. The third-order valence-corrected chi connectivity index (χ3v) is 1.92. The lowest BCUT2D eigenvalue weighted by Gasteiger charge is -2.09. The van der Waals surface area contributed by atoms with Gasteiger partial charge in [0.1, 0.15) is 5.82 Å². The Balaban J connectivity index is 2.62. The highest BCUT2D eigenvalue weighted by molar-refractivity contribution is 6.00. The fraction of sp³-hybridized carbons (Fsp3) is 0.125. The van der Waals surface area contributed by atoms with Gasteiger partial charge in [0, 0.05) is 0 Å². The number of hydrazine groups is 1. The van der Waals surface area contributed by atoms with E-state index >= 15 is 0 Å². The molecule has 0 atom stereocenters. The Morgan fingerprint density at radius 1 is 1.50 bits per heavy atom. The van der Waals surface area contributed by atoms with Crippen LogP contribution in [0.15, 0.2) is 18.2 Å². The van der Waals surface area contributed by atoms with Crippen LogP contribution in [0.3, 0.4) is 0 Å². The van der Waals surface area contributed by atoms with Crippen molar-refractivity contribution >= 4 is 11.6 Å². The number of anilines is 1. The molecular weight excluding hydrogens is 159 g/mol. The van der Waals surface area contributed by atoms with Crippen molar-refractivity contribution in [1.82, 2.24) is 0 Å². The van der Waals surface area contributed by atoms with Crippen LogP contribution >= 0.6 is 0 Å². The lowest BCUT2D eigenvalue weighted by Crippen LogP contribution is -2.34. The monoisotopic (exact) mass is 166 g/mol. The van der Waals surface area contributed by atoms with Crippen LogP contribution in [0.5, 0.6) is 0 Å². The predicted molar refractivity (Wildman–Crippen MR) is 41.8 cm³/mol. The van der Waals surface area contributed by atoms with Crippen molar-refractivity contribution in [3.63, 3.8) is 0 Å². The van der Waals surface area contributed by atoms with Gasteiger partial charge in [-0.1, -0.05) is 12.1 Å². The first-order chi connectivity index (χ1) is 5.70. The van der Waals surface area contributed by atoms with Gasteiger partial charge in [0.25, 0.3) is 0 Å². The van der Waals surface area contributed by atoms with Gasteiger partial charge < -0.3 is 0 Å². The third-order valence-electron chi connectivity index (χ3n) is 1.92. The highest BCUT2D eigenvalue weighted by Crippen LogP contribution is 2.28. The lowest BCUT2D eigenvalue weighted by molar-refractivity contribution is -0.117. The van der Waals surface area contributed by atoms with Crippen molar-refractivity contribution in [2.75, 3.05) is 5.01 Å². The number of benzene rings is 1. The van der Waals surface area contributed by atoms with E-state index in [1.165, 1.54) is 6.07 Å². The number of halogens is 1. The minimum atomic E-state index is -0.444. The highest BCUT2D eigenvalue weighted by Gasteiger charge is 2.27. The molecule has 3 nitrogen and oxygen atoms in total. The molecule has 0 saturated carbocycles. The molecule has 4 heteroatoms. The molecule has 62 valence electrons. The maximum Gasteiger partial charge on any atom is 0.245 e. The number of rotatable bonds is 0. The summed E-state index contributed by atoms with van der Waals surface area (Å²) in [4.78, 5) is 11.0. The fourth-order valence-corrected chi connectivity index (χ4v) is 1.35. The van der Waals surface area contributed by atoms with E-state index in [2.05, 4.69) is 0 Å². The van der Waals surface area contributed by atoms with Gasteiger partial charge in [-0.3, -0.25) is 4.79 Å². The van der Waals surface area contributed by atoms with E-state index in [0.717, 1.165) is 5.01 Å². The number of carbonyl (C=O) groups is 1. The van der Waals surface area contributed by atoms with Gasteiger partial charge in [0.15, 0.2) is 0 Å². The van der Waals surface area contributed by atoms with E-state index in [9.17, 15) is 9.18 Å². The largest absolute Gasteiger partial charge is 0.273 e. The van der Waals surface area contributed by atoms with Gasteiger partial charge in [-0.15, -0.1) is 0 Å². The van der Waals surface area contributed by atoms with Gasteiger partial charge in [-0.2, -0.15) is 0 Å². The molecule has 1 aromatic carbocycles. The van der Waals surface area contributed by atoms with Crippen molar-refractivity contribution in [1.29, 1.82) is 0 Å². The number of para-hydroxylation sites is 1. The van der Waals surface area contributed by atoms with E-state index < -0.39 is 5.82 Å². The fourth-order valence-electron chi connectivity index (χ4n) is 1.35. The Bertz CT molecular complexity index is 351. The summed E-state index contributed by atoms with van der Waals surface area (Å²) < 4.78 is 13.0. The second-order valence-electron chi connectivity index (χ2n) is 2.69. The first kappa shape index (κ1) is 7.24. The van der Waals surface area contributed by atoms with Crippen LogP contribution in [0, 0.1) is 5.82 Å². The molecule has 0 fully saturated rings. The number of nitrogens with two attached hydrogens (primary N) is 1. The lowest BCUT2D eigenvalue weighted by atomic mass is 10.1. The zero-order valence-electron chi connectivity index (χ0n) is 6.25. The molecule has 0 saturated heterocycles. The van der Waals surface area contributed by atoms with Crippen LogP contribution in [0.25, 0.3) is 0 Å². The Morgan fingerprint density at radius 3 is 2.92 bits per heavy atom. The number of nitrogens with zero attached hydrogens (tertiary/aromatic N) is 1. The van der Waals surface area contributed by atoms with Gasteiger partial charge in [0.2, 0.25) is 5.91 Å². The van der Waals surface area contributed by atoms with Gasteiger partial charge in [0.05, 0.1) is 12.1 Å². The summed E-state index contributed by atoms with van der Waals surface area (Å²) in [5.41, 5.74) is 0.866. The molecule has 0 aliphatic carbocycles. The van der Waals surface area contributed by atoms with Gasteiger partial charge >= 0.3 is 0 Å². The van der Waals surface area contributed by atoms with E-state index in [1.54, 1.807) is 12.1 Å². The summed E-state index contributed by atoms with van der Waals surface area (Å²) in [5.74, 6) is 4.62. The Kier molecular flexibility index (Phi) is 1.38. The number of hydrogen-bond acceptors (Lipinski definition) is 2. The second-order valence-corrected chi connectivity index (χ2v) is 2.69. The number of fused-ring (bicyclic) bond motifs is 1. The molecule has 2 rings (SSSR count). The molecule has 0 bridgehead atoms. The number of carbonyl (C=O) groups excluding carboxylic acids is 1. The Hall–Kier alpha value is -1.42. The summed E-state index contributed by atoms with van der Waals surface area (Å²) in [6, 6.07) is 4.56. The van der Waals surface area contributed by atoms with Crippen molar-refractivity contribution in [3.05, 3.63) is 29.6 Å². The van der Waals surface area contributed by atoms with Gasteiger partial charge in [-0.05, 0) is 11.6 Å². The van der Waals surface area contributed by atoms with Crippen LogP contribution in [-0.4, -0.2) is 5.91 Å². The molecule has 12 heavy (non-hydrogen) atoms. The van der Waals surface area contributed by atoms with E-state index in [-0.39, 0.29) is 18.0 Å². The Labute approximate surface area is 68.6 Å². The summed E-state index contributed by atoms with van der Waals surface area (Å²) in [5, 5.41) is 0.866. The van der Waals surface area contributed by atoms with E-state index in [0.29, 0.717) is 5.56 Å². The summed E-state index contributed by atoms with van der Waals surface area (Å²) in [6.07, 6.45) is 0.198. The van der Waals surface area contributed by atoms with Crippen LogP contribution in [0.4, 0.5) is 10.1 Å². The predicted octanol–water partition coefficient (Wildman–Crippen LogP) is 0.588. The molecule has 1 aliphatic heterocycles. The zero-order chi connectivity index (χ0) is 8.72. The third kappa shape index (κ3) is 0.816. The second kappa shape index (κ2) is 2.28. The average molecular weight is 166 g/mol. The topological polar surface area (TPSA) is 46.3 Å². The Morgan fingerprint density at radius 2 is 2.25 bits per heavy atom. The molecule has 1 heterocycles. The first-order valence-corrected chi connectivity index (χ1v) is 3.55.